The van der Waals surface area contributed by atoms with Crippen molar-refractivity contribution < 1.29 is 9.59 Å². The third-order valence-corrected chi connectivity index (χ3v) is 8.57. The minimum Gasteiger partial charge on any atom is -0.383 e. The van der Waals surface area contributed by atoms with Crippen molar-refractivity contribution in [2.75, 3.05) is 55.7 Å². The summed E-state index contributed by atoms with van der Waals surface area (Å²) in [6.07, 6.45) is 3.99. The molecule has 0 aliphatic carbocycles. The van der Waals surface area contributed by atoms with Gasteiger partial charge in [0.1, 0.15) is 5.82 Å². The number of aryl methyl sites for hydroxylation is 1. The number of pyridine rings is 1. The van der Waals surface area contributed by atoms with Crippen LogP contribution in [-0.2, 0) is 16.0 Å². The minimum atomic E-state index is -0.653. The highest BCUT2D eigenvalue weighted by Gasteiger charge is 2.34. The van der Waals surface area contributed by atoms with Crippen molar-refractivity contribution in [3.8, 4) is 0 Å². The second-order valence-corrected chi connectivity index (χ2v) is 11.3. The van der Waals surface area contributed by atoms with Gasteiger partial charge in [0.2, 0.25) is 0 Å². The van der Waals surface area contributed by atoms with Gasteiger partial charge in [-0.25, -0.2) is 9.97 Å². The molecule has 2 fully saturated rings. The number of nitrogens with one attached hydrogen (secondary N) is 1. The number of nitrogens with zero attached hydrogens (tertiary/aromatic N) is 5. The molecular formula is C27H35N7O2S. The number of aromatic nitrogens is 2. The molecule has 9 nitrogen and oxygen atoms in total. The molecule has 1 aromatic carbocycles. The quantitative estimate of drug-likeness (QED) is 0.506. The molecule has 2 aliphatic rings. The third kappa shape index (κ3) is 5.40. The molecule has 2 aliphatic heterocycles. The minimum absolute atomic E-state index is 0.164. The molecule has 196 valence electrons. The van der Waals surface area contributed by atoms with Crippen molar-refractivity contribution in [1.82, 2.24) is 19.8 Å². The molecule has 0 saturated carbocycles. The molecule has 3 aromatic rings. The number of fused-ring (bicyclic) bond motifs is 1. The molecular weight excluding hydrogens is 486 g/mol. The third-order valence-electron chi connectivity index (χ3n) is 7.47. The first-order valence-corrected chi connectivity index (χ1v) is 13.8. The van der Waals surface area contributed by atoms with E-state index in [2.05, 4.69) is 52.3 Å². The maximum atomic E-state index is 13.4. The van der Waals surface area contributed by atoms with Gasteiger partial charge < -0.3 is 25.8 Å². The van der Waals surface area contributed by atoms with Gasteiger partial charge in [-0.05, 0) is 61.6 Å². The van der Waals surface area contributed by atoms with Crippen LogP contribution in [0.3, 0.4) is 0 Å². The number of likely N-dealkylation sites (tertiary alicyclic amines) is 1. The molecule has 0 bridgehead atoms. The lowest BCUT2D eigenvalue weighted by atomic mass is 9.89. The Morgan fingerprint density at radius 2 is 1.95 bits per heavy atom. The van der Waals surface area contributed by atoms with Crippen LogP contribution in [-0.4, -0.2) is 71.4 Å². The summed E-state index contributed by atoms with van der Waals surface area (Å²) in [5.41, 5.74) is 9.18. The van der Waals surface area contributed by atoms with Crippen LogP contribution in [0, 0.1) is 5.92 Å². The number of hydrogen-bond donors (Lipinski definition) is 2. The summed E-state index contributed by atoms with van der Waals surface area (Å²) in [5.74, 6) is -0.419. The van der Waals surface area contributed by atoms with Gasteiger partial charge in [-0.2, -0.15) is 0 Å². The van der Waals surface area contributed by atoms with Crippen molar-refractivity contribution in [2.45, 2.75) is 39.2 Å². The maximum Gasteiger partial charge on any atom is 0.313 e. The normalized spacial score (nSPS) is 20.8. The number of nitrogen functional groups attached to an aromatic ring is 1. The van der Waals surface area contributed by atoms with E-state index in [1.165, 1.54) is 6.20 Å². The topological polar surface area (TPSA) is 108 Å². The smallest absolute Gasteiger partial charge is 0.313 e. The number of benzene rings is 1. The first kappa shape index (κ1) is 25.4. The number of piperidine rings is 1. The monoisotopic (exact) mass is 521 g/mol. The van der Waals surface area contributed by atoms with Gasteiger partial charge >= 0.3 is 11.8 Å². The van der Waals surface area contributed by atoms with Crippen LogP contribution in [0.1, 0.15) is 43.9 Å². The molecule has 3 N–H and O–H groups in total. The molecule has 0 unspecified atom stereocenters. The molecule has 2 aromatic heterocycles. The lowest BCUT2D eigenvalue weighted by Crippen LogP contribution is -2.46. The summed E-state index contributed by atoms with van der Waals surface area (Å²) in [4.78, 5) is 41.9. The Hall–Kier alpha value is -3.24. The number of likely N-dealkylation sites (N-methyl/N-ethyl adjacent to an activating group) is 1. The van der Waals surface area contributed by atoms with Crippen LogP contribution < -0.4 is 16.0 Å². The van der Waals surface area contributed by atoms with Crippen LogP contribution >= 0.6 is 11.3 Å². The highest BCUT2D eigenvalue weighted by atomic mass is 32.1. The fourth-order valence-corrected chi connectivity index (χ4v) is 6.18. The molecule has 10 heteroatoms. The number of thiazole rings is 1. The van der Waals surface area contributed by atoms with E-state index in [1.54, 1.807) is 22.3 Å². The summed E-state index contributed by atoms with van der Waals surface area (Å²) < 4.78 is 1.14. The van der Waals surface area contributed by atoms with Crippen molar-refractivity contribution >= 4 is 50.0 Å². The summed E-state index contributed by atoms with van der Waals surface area (Å²) in [7, 11) is 2.15. The number of carbonyl (C=O) groups is 2. The zero-order chi connectivity index (χ0) is 26.1. The summed E-state index contributed by atoms with van der Waals surface area (Å²) >= 11 is 1.71. The van der Waals surface area contributed by atoms with E-state index in [-0.39, 0.29) is 6.04 Å². The summed E-state index contributed by atoms with van der Waals surface area (Å²) in [6, 6.07) is 7.91. The highest BCUT2D eigenvalue weighted by molar-refractivity contribution is 7.22. The van der Waals surface area contributed by atoms with E-state index < -0.39 is 11.8 Å². The Bertz CT molecular complexity index is 1300. The van der Waals surface area contributed by atoms with Crippen LogP contribution in [0.4, 0.5) is 16.6 Å². The number of piperazine rings is 1. The Balaban J connectivity index is 1.36. The summed E-state index contributed by atoms with van der Waals surface area (Å²) in [5, 5.41) is 3.78. The average molecular weight is 522 g/mol. The number of nitrogens with two attached hydrogens (primary N) is 1. The maximum absolute atomic E-state index is 13.4. The Labute approximate surface area is 221 Å². The van der Waals surface area contributed by atoms with Gasteiger partial charge in [0.25, 0.3) is 0 Å². The van der Waals surface area contributed by atoms with Crippen molar-refractivity contribution in [1.29, 1.82) is 0 Å². The fourth-order valence-electron chi connectivity index (χ4n) is 5.18. The number of amides is 2. The van der Waals surface area contributed by atoms with Gasteiger partial charge in [0, 0.05) is 32.7 Å². The Kier molecular flexibility index (Phi) is 7.30. The van der Waals surface area contributed by atoms with Crippen molar-refractivity contribution in [3.63, 3.8) is 0 Å². The van der Waals surface area contributed by atoms with Crippen LogP contribution in [0.15, 0.2) is 30.5 Å². The van der Waals surface area contributed by atoms with Gasteiger partial charge in [-0.1, -0.05) is 31.3 Å². The zero-order valence-corrected chi connectivity index (χ0v) is 22.6. The van der Waals surface area contributed by atoms with Gasteiger partial charge in [0.15, 0.2) is 5.13 Å². The number of carbonyl (C=O) groups excluding carboxylic acids is 2. The second-order valence-electron chi connectivity index (χ2n) is 10.2. The molecule has 37 heavy (non-hydrogen) atoms. The Morgan fingerprint density at radius 1 is 1.16 bits per heavy atom. The molecule has 2 saturated heterocycles. The van der Waals surface area contributed by atoms with Crippen LogP contribution in [0.2, 0.25) is 0 Å². The van der Waals surface area contributed by atoms with Crippen LogP contribution in [0.5, 0.6) is 0 Å². The zero-order valence-electron chi connectivity index (χ0n) is 21.7. The van der Waals surface area contributed by atoms with E-state index in [0.717, 1.165) is 65.5 Å². The molecule has 5 rings (SSSR count). The SMILES string of the molecule is CCc1cc(NC(=O)C(=O)N2C[C@@H](C)CC[C@@H]2c2ccc3sc(N4CCN(C)CC4)nc3c2)cnc1N. The van der Waals surface area contributed by atoms with E-state index in [4.69, 9.17) is 10.7 Å². The predicted octanol–water partition coefficient (Wildman–Crippen LogP) is 3.53. The molecule has 4 heterocycles. The number of hydrogen-bond acceptors (Lipinski definition) is 8. The van der Waals surface area contributed by atoms with Crippen molar-refractivity contribution in [3.05, 3.63) is 41.6 Å². The Morgan fingerprint density at radius 3 is 2.70 bits per heavy atom. The molecule has 2 atom stereocenters. The molecule has 2 amide bonds. The highest BCUT2D eigenvalue weighted by Crippen LogP contribution is 2.37. The van der Waals surface area contributed by atoms with Gasteiger partial charge in [-0.3, -0.25) is 9.59 Å². The van der Waals surface area contributed by atoms with E-state index in [9.17, 15) is 9.59 Å². The lowest BCUT2D eigenvalue weighted by molar-refractivity contribution is -0.146. The van der Waals surface area contributed by atoms with Crippen LogP contribution in [0.25, 0.3) is 10.2 Å². The molecule has 0 spiro atoms. The summed E-state index contributed by atoms with van der Waals surface area (Å²) in [6.45, 7) is 8.65. The standard InChI is InChI=1S/C27H35N7O2S/c1-4-18-13-20(15-29-24(18)28)30-25(35)26(36)34-16-17(2)5-7-22(34)19-6-8-23-21(14-19)31-27(37-23)33-11-9-32(3)10-12-33/h6,8,13-15,17,22H,4-5,7,9-12,16H2,1-3H3,(H2,28,29)(H,30,35)/t17-,22+/m0/s1. The number of anilines is 3. The van der Waals surface area contributed by atoms with E-state index >= 15 is 0 Å². The number of rotatable bonds is 4. The lowest BCUT2D eigenvalue weighted by Gasteiger charge is -2.38. The van der Waals surface area contributed by atoms with E-state index in [0.29, 0.717) is 30.4 Å². The average Bonchev–Trinajstić information content (AvgIpc) is 3.33. The van der Waals surface area contributed by atoms with Crippen molar-refractivity contribution in [2.24, 2.45) is 5.92 Å². The first-order chi connectivity index (χ1) is 17.8. The largest absolute Gasteiger partial charge is 0.383 e. The van der Waals surface area contributed by atoms with E-state index in [1.807, 2.05) is 6.92 Å². The van der Waals surface area contributed by atoms with Gasteiger partial charge in [-0.15, -0.1) is 0 Å². The molecule has 0 radical (unpaired) electrons. The second kappa shape index (κ2) is 10.6. The first-order valence-electron chi connectivity index (χ1n) is 13.0. The van der Waals surface area contributed by atoms with Gasteiger partial charge in [0.05, 0.1) is 28.1 Å². The predicted molar refractivity (Wildman–Crippen MR) is 149 cm³/mol. The fraction of sp³-hybridized carbons (Fsp3) is 0.481.